The van der Waals surface area contributed by atoms with Crippen LogP contribution in [-0.4, -0.2) is 14.5 Å². The van der Waals surface area contributed by atoms with Crippen LogP contribution in [0.3, 0.4) is 0 Å². The van der Waals surface area contributed by atoms with E-state index in [1.165, 1.54) is 0 Å². The third-order valence-corrected chi connectivity index (χ3v) is 11.6. The Labute approximate surface area is 326 Å². The van der Waals surface area contributed by atoms with E-state index in [1.54, 1.807) is 0 Å². The van der Waals surface area contributed by atoms with Gasteiger partial charge in [0.15, 0.2) is 11.5 Å². The van der Waals surface area contributed by atoms with Crippen molar-refractivity contribution in [3.8, 4) is 52.2 Å². The van der Waals surface area contributed by atoms with Crippen LogP contribution in [-0.2, 0) is 5.41 Å². The normalized spacial score (nSPS) is 13.6. The van der Waals surface area contributed by atoms with Gasteiger partial charge in [-0.25, -0.2) is 0 Å². The first-order valence-corrected chi connectivity index (χ1v) is 18.6. The molecule has 3 aliphatic rings. The summed E-state index contributed by atoms with van der Waals surface area (Å²) in [6.45, 7) is 0. The Bertz CT molecular complexity index is 3150. The molecule has 6 aromatic carbocycles. The molecule has 0 radical (unpaired) electrons. The second-order valence-electron chi connectivity index (χ2n) is 14.4. The van der Waals surface area contributed by atoms with Crippen LogP contribution < -0.4 is 14.4 Å². The maximum Gasteiger partial charge on any atom is 0.151 e. The molecule has 1 spiro atoms. The summed E-state index contributed by atoms with van der Waals surface area (Å²) in [7, 11) is 0. The minimum absolute atomic E-state index is 0.554. The first-order valence-electron chi connectivity index (χ1n) is 18.6. The highest BCUT2D eigenvalue weighted by atomic mass is 16.5. The van der Waals surface area contributed by atoms with E-state index in [4.69, 9.17) is 19.4 Å². The highest BCUT2D eigenvalue weighted by molar-refractivity contribution is 6.10. The number of pyridine rings is 2. The lowest BCUT2D eigenvalue weighted by Crippen LogP contribution is -2.32. The van der Waals surface area contributed by atoms with Crippen LogP contribution in [0.25, 0.3) is 38.9 Å². The lowest BCUT2D eigenvalue weighted by atomic mass is 9.66. The highest BCUT2D eigenvalue weighted by Crippen LogP contribution is 2.62. The Hall–Kier alpha value is -8.20. The van der Waals surface area contributed by atoms with E-state index in [1.807, 2.05) is 97.3 Å². The molecule has 0 saturated carbocycles. The van der Waals surface area contributed by atoms with E-state index in [2.05, 4.69) is 82.3 Å². The molecule has 0 saturated heterocycles. The molecule has 0 fully saturated rings. The van der Waals surface area contributed by atoms with Crippen LogP contribution >= 0.6 is 0 Å². The van der Waals surface area contributed by atoms with Gasteiger partial charge >= 0.3 is 0 Å². The molecule has 2 aliphatic heterocycles. The molecule has 57 heavy (non-hydrogen) atoms. The molecule has 8 nitrogen and oxygen atoms in total. The molecule has 0 amide bonds. The number of fused-ring (bicyclic) bond motifs is 14. The smallest absolute Gasteiger partial charge is 0.151 e. The highest BCUT2D eigenvalue weighted by Gasteiger charge is 2.52. The Kier molecular flexibility index (Phi) is 6.24. The summed E-state index contributed by atoms with van der Waals surface area (Å²) in [4.78, 5) is 12.1. The quantitative estimate of drug-likeness (QED) is 0.174. The molecular weight excluding hydrogens is 705 g/mol. The van der Waals surface area contributed by atoms with Gasteiger partial charge in [-0.2, -0.15) is 10.5 Å². The number of rotatable bonds is 2. The maximum absolute atomic E-state index is 9.80. The van der Waals surface area contributed by atoms with E-state index in [9.17, 15) is 10.5 Å². The van der Waals surface area contributed by atoms with Crippen LogP contribution in [0.1, 0.15) is 33.4 Å². The van der Waals surface area contributed by atoms with Crippen molar-refractivity contribution in [1.29, 1.82) is 10.5 Å². The number of nitriles is 2. The lowest BCUT2D eigenvalue weighted by molar-refractivity contribution is 0.436. The predicted octanol–water partition coefficient (Wildman–Crippen LogP) is 11.4. The van der Waals surface area contributed by atoms with E-state index in [0.717, 1.165) is 89.7 Å². The molecular formula is C49H26N6O2. The molecule has 12 rings (SSSR count). The van der Waals surface area contributed by atoms with Gasteiger partial charge in [0.25, 0.3) is 0 Å². The molecule has 264 valence electrons. The fourth-order valence-electron chi connectivity index (χ4n) is 9.29. The van der Waals surface area contributed by atoms with E-state index in [-0.39, 0.29) is 0 Å². The maximum atomic E-state index is 9.80. The Balaban J connectivity index is 1.13. The topological polar surface area (TPSA) is 100.0 Å². The van der Waals surface area contributed by atoms with Gasteiger partial charge in [-0.15, -0.1) is 0 Å². The second kappa shape index (κ2) is 11.4. The fraction of sp³-hybridized carbons (Fsp3) is 0.0204. The largest absolute Gasteiger partial charge is 0.457 e. The van der Waals surface area contributed by atoms with Crippen LogP contribution in [0, 0.1) is 22.7 Å². The zero-order valence-corrected chi connectivity index (χ0v) is 30.0. The zero-order chi connectivity index (χ0) is 37.8. The molecule has 0 atom stereocenters. The summed E-state index contributed by atoms with van der Waals surface area (Å²) < 4.78 is 15.7. The van der Waals surface area contributed by atoms with Crippen LogP contribution in [0.15, 0.2) is 158 Å². The van der Waals surface area contributed by atoms with Gasteiger partial charge in [0.2, 0.25) is 0 Å². The standard InChI is InChI=1S/C49H26N6O2/c50-27-29-13-19-39-33(23-29)34-24-30(28-51)14-20-40(34)54(39)31-15-17-35-45(25-31)57-46-26-32(55-41-9-1-3-11-43(41)56-44-12-4-2-10-42(44)55)16-18-36(46)49(35)37-7-5-21-52-47(37)48-38(49)8-6-22-53-48/h1-26H. The average Bonchev–Trinajstić information content (AvgIpc) is 3.75. The number of hydrogen-bond donors (Lipinski definition) is 0. The Morgan fingerprint density at radius 1 is 0.474 bits per heavy atom. The summed E-state index contributed by atoms with van der Waals surface area (Å²) in [6.07, 6.45) is 3.66. The first-order chi connectivity index (χ1) is 28.1. The third kappa shape index (κ3) is 4.13. The summed E-state index contributed by atoms with van der Waals surface area (Å²) in [5.74, 6) is 2.95. The SMILES string of the molecule is N#Cc1ccc2c(c1)c1cc(C#N)ccc1n2-c1ccc2c(c1)Oc1cc(N3c4ccccc4Oc4ccccc43)ccc1C21c2cccnc2-c2ncccc21. The van der Waals surface area contributed by atoms with E-state index in [0.29, 0.717) is 22.6 Å². The number of ether oxygens (including phenoxy) is 2. The summed E-state index contributed by atoms with van der Waals surface area (Å²) >= 11 is 0. The van der Waals surface area contributed by atoms with Crippen molar-refractivity contribution < 1.29 is 9.47 Å². The van der Waals surface area contributed by atoms with Crippen LogP contribution in [0.2, 0.25) is 0 Å². The first kappa shape index (κ1) is 31.2. The van der Waals surface area contributed by atoms with Gasteiger partial charge < -0.3 is 18.9 Å². The van der Waals surface area contributed by atoms with Crippen molar-refractivity contribution in [2.24, 2.45) is 0 Å². The average molecular weight is 731 g/mol. The number of nitrogens with zero attached hydrogens (tertiary/aromatic N) is 6. The molecule has 1 aliphatic carbocycles. The van der Waals surface area contributed by atoms with Crippen molar-refractivity contribution in [3.05, 3.63) is 191 Å². The van der Waals surface area contributed by atoms with Crippen LogP contribution in [0.5, 0.6) is 23.0 Å². The Morgan fingerprint density at radius 2 is 0.982 bits per heavy atom. The summed E-state index contributed by atoms with van der Waals surface area (Å²) in [5.41, 5.74) is 11.6. The van der Waals surface area contributed by atoms with Gasteiger partial charge in [-0.1, -0.05) is 48.5 Å². The molecule has 0 N–H and O–H groups in total. The van der Waals surface area contributed by atoms with Crippen molar-refractivity contribution in [1.82, 2.24) is 14.5 Å². The van der Waals surface area contributed by atoms with Crippen molar-refractivity contribution in [2.75, 3.05) is 4.90 Å². The number of benzene rings is 6. The number of anilines is 3. The summed E-state index contributed by atoms with van der Waals surface area (Å²) in [5, 5.41) is 21.4. The Morgan fingerprint density at radius 3 is 1.54 bits per heavy atom. The number of para-hydroxylation sites is 4. The van der Waals surface area contributed by atoms with Crippen molar-refractivity contribution in [3.63, 3.8) is 0 Å². The predicted molar refractivity (Wildman–Crippen MR) is 218 cm³/mol. The van der Waals surface area contributed by atoms with Crippen LogP contribution in [0.4, 0.5) is 17.1 Å². The second-order valence-corrected chi connectivity index (χ2v) is 14.4. The van der Waals surface area contributed by atoms with Gasteiger partial charge in [-0.05, 0) is 96.1 Å². The van der Waals surface area contributed by atoms with Gasteiger partial charge in [0.05, 0.1) is 68.2 Å². The van der Waals surface area contributed by atoms with Gasteiger partial charge in [-0.3, -0.25) is 9.97 Å². The summed E-state index contributed by atoms with van der Waals surface area (Å²) in [6, 6.07) is 53.3. The zero-order valence-electron chi connectivity index (χ0n) is 30.0. The van der Waals surface area contributed by atoms with Gasteiger partial charge in [0.1, 0.15) is 11.5 Å². The fourth-order valence-corrected chi connectivity index (χ4v) is 9.29. The lowest BCUT2D eigenvalue weighted by Gasteiger charge is -2.40. The van der Waals surface area contributed by atoms with E-state index < -0.39 is 5.41 Å². The molecule has 8 heteroatoms. The molecule has 0 unspecified atom stereocenters. The molecule has 3 aromatic heterocycles. The van der Waals surface area contributed by atoms with Crippen molar-refractivity contribution in [2.45, 2.75) is 5.41 Å². The number of aromatic nitrogens is 3. The third-order valence-electron chi connectivity index (χ3n) is 11.6. The van der Waals surface area contributed by atoms with Gasteiger partial charge in [0, 0.05) is 52.1 Å². The number of hydrogen-bond acceptors (Lipinski definition) is 7. The van der Waals surface area contributed by atoms with E-state index >= 15 is 0 Å². The minimum Gasteiger partial charge on any atom is -0.457 e. The molecule has 5 heterocycles. The minimum atomic E-state index is -0.780. The molecule has 0 bridgehead atoms. The molecule has 9 aromatic rings. The van der Waals surface area contributed by atoms with Crippen molar-refractivity contribution >= 4 is 38.9 Å². The monoisotopic (exact) mass is 730 g/mol.